The molecule has 0 N–H and O–H groups in total. The first-order valence-corrected chi connectivity index (χ1v) is 8.52. The molecule has 1 unspecified atom stereocenters. The van der Waals surface area contributed by atoms with Crippen LogP contribution in [-0.2, 0) is 6.54 Å². The maximum absolute atomic E-state index is 5.29. The van der Waals surface area contributed by atoms with Gasteiger partial charge in [0, 0.05) is 18.3 Å². The van der Waals surface area contributed by atoms with E-state index in [-0.39, 0.29) is 0 Å². The monoisotopic (exact) mass is 311 g/mol. The third-order valence-electron chi connectivity index (χ3n) is 4.48. The number of benzene rings is 2. The molecule has 1 atom stereocenters. The second-order valence-corrected chi connectivity index (χ2v) is 6.39. The van der Waals surface area contributed by atoms with Crippen molar-refractivity contribution >= 4 is 5.69 Å². The Bertz CT molecular complexity index is 618. The molecule has 2 rings (SSSR count). The SMILES string of the molecule is CCCC(C)N(Cc1ccc(C)cc1C)c1ccc(OC)cc1. The van der Waals surface area contributed by atoms with Gasteiger partial charge < -0.3 is 9.64 Å². The maximum Gasteiger partial charge on any atom is 0.119 e. The molecule has 0 radical (unpaired) electrons. The summed E-state index contributed by atoms with van der Waals surface area (Å²) in [6.45, 7) is 9.87. The van der Waals surface area contributed by atoms with Gasteiger partial charge in [-0.1, -0.05) is 37.1 Å². The number of nitrogens with zero attached hydrogens (tertiary/aromatic N) is 1. The van der Waals surface area contributed by atoms with Crippen molar-refractivity contribution in [1.82, 2.24) is 0 Å². The predicted molar refractivity (Wildman–Crippen MR) is 99.5 cm³/mol. The maximum atomic E-state index is 5.29. The van der Waals surface area contributed by atoms with Gasteiger partial charge in [0.05, 0.1) is 7.11 Å². The van der Waals surface area contributed by atoms with E-state index in [0.29, 0.717) is 6.04 Å². The molecule has 0 heterocycles. The van der Waals surface area contributed by atoms with Crippen molar-refractivity contribution in [3.63, 3.8) is 0 Å². The highest BCUT2D eigenvalue weighted by Gasteiger charge is 2.15. The summed E-state index contributed by atoms with van der Waals surface area (Å²) in [5.74, 6) is 0.906. The Morgan fingerprint density at radius 1 is 1.04 bits per heavy atom. The van der Waals surface area contributed by atoms with Gasteiger partial charge in [-0.05, 0) is 62.6 Å². The van der Waals surface area contributed by atoms with Gasteiger partial charge >= 0.3 is 0 Å². The number of hydrogen-bond acceptors (Lipinski definition) is 2. The van der Waals surface area contributed by atoms with Crippen molar-refractivity contribution in [3.8, 4) is 5.75 Å². The zero-order valence-corrected chi connectivity index (χ0v) is 15.1. The average Bonchev–Trinajstić information content (AvgIpc) is 2.54. The minimum absolute atomic E-state index is 0.508. The van der Waals surface area contributed by atoms with Gasteiger partial charge in [-0.2, -0.15) is 0 Å². The average molecular weight is 311 g/mol. The summed E-state index contributed by atoms with van der Waals surface area (Å²) in [4.78, 5) is 2.50. The summed E-state index contributed by atoms with van der Waals surface area (Å²) >= 11 is 0. The van der Waals surface area contributed by atoms with Gasteiger partial charge in [-0.25, -0.2) is 0 Å². The highest BCUT2D eigenvalue weighted by atomic mass is 16.5. The highest BCUT2D eigenvalue weighted by Crippen LogP contribution is 2.26. The molecule has 0 bridgehead atoms. The van der Waals surface area contributed by atoms with Crippen LogP contribution in [0.5, 0.6) is 5.75 Å². The molecule has 0 amide bonds. The van der Waals surface area contributed by atoms with Crippen molar-refractivity contribution in [2.24, 2.45) is 0 Å². The molecule has 0 aromatic heterocycles. The van der Waals surface area contributed by atoms with E-state index in [2.05, 4.69) is 62.9 Å². The fraction of sp³-hybridized carbons (Fsp3) is 0.429. The van der Waals surface area contributed by atoms with Gasteiger partial charge in [0.15, 0.2) is 0 Å². The molecular formula is C21H29NO. The molecule has 2 heteroatoms. The lowest BCUT2D eigenvalue weighted by atomic mass is 10.0. The lowest BCUT2D eigenvalue weighted by molar-refractivity contribution is 0.414. The van der Waals surface area contributed by atoms with Crippen LogP contribution in [0, 0.1) is 13.8 Å². The van der Waals surface area contributed by atoms with E-state index in [1.54, 1.807) is 7.11 Å². The van der Waals surface area contributed by atoms with Gasteiger partial charge in [0.25, 0.3) is 0 Å². The minimum Gasteiger partial charge on any atom is -0.497 e. The zero-order chi connectivity index (χ0) is 16.8. The van der Waals surface area contributed by atoms with E-state index in [1.165, 1.54) is 35.2 Å². The Balaban J connectivity index is 2.29. The quantitative estimate of drug-likeness (QED) is 0.668. The lowest BCUT2D eigenvalue weighted by Crippen LogP contribution is -2.32. The van der Waals surface area contributed by atoms with Crippen molar-refractivity contribution in [1.29, 1.82) is 0 Å². The number of rotatable bonds is 7. The molecule has 0 fully saturated rings. The summed E-state index contributed by atoms with van der Waals surface area (Å²) in [6.07, 6.45) is 2.39. The van der Waals surface area contributed by atoms with Crippen LogP contribution in [0.4, 0.5) is 5.69 Å². The van der Waals surface area contributed by atoms with Crippen LogP contribution < -0.4 is 9.64 Å². The Hall–Kier alpha value is -1.96. The Morgan fingerprint density at radius 3 is 2.30 bits per heavy atom. The number of ether oxygens (including phenoxy) is 1. The standard InChI is InChI=1S/C21H29NO/c1-6-7-18(4)22(20-10-12-21(23-5)13-11-20)15-19-9-8-16(2)14-17(19)3/h8-14,18H,6-7,15H2,1-5H3. The fourth-order valence-corrected chi connectivity index (χ4v) is 3.06. The van der Waals surface area contributed by atoms with Gasteiger partial charge in [-0.3, -0.25) is 0 Å². The van der Waals surface area contributed by atoms with Crippen LogP contribution in [0.25, 0.3) is 0 Å². The normalized spacial score (nSPS) is 12.0. The molecule has 0 aliphatic heterocycles. The van der Waals surface area contributed by atoms with Crippen molar-refractivity contribution in [2.45, 2.75) is 53.1 Å². The van der Waals surface area contributed by atoms with Crippen LogP contribution in [0.1, 0.15) is 43.4 Å². The van der Waals surface area contributed by atoms with E-state index in [9.17, 15) is 0 Å². The van der Waals surface area contributed by atoms with Crippen LogP contribution in [0.3, 0.4) is 0 Å². The first-order chi connectivity index (χ1) is 11.0. The molecule has 124 valence electrons. The molecule has 2 aromatic carbocycles. The first kappa shape index (κ1) is 17.4. The minimum atomic E-state index is 0.508. The summed E-state index contributed by atoms with van der Waals surface area (Å²) in [6, 6.07) is 15.7. The van der Waals surface area contributed by atoms with E-state index < -0.39 is 0 Å². The fourth-order valence-electron chi connectivity index (χ4n) is 3.06. The largest absolute Gasteiger partial charge is 0.497 e. The molecule has 0 spiro atoms. The molecule has 2 nitrogen and oxygen atoms in total. The van der Waals surface area contributed by atoms with Crippen molar-refractivity contribution < 1.29 is 4.74 Å². The predicted octanol–water partition coefficient (Wildman–Crippen LogP) is 5.51. The molecule has 23 heavy (non-hydrogen) atoms. The number of anilines is 1. The van der Waals surface area contributed by atoms with Crippen LogP contribution in [0.2, 0.25) is 0 Å². The van der Waals surface area contributed by atoms with Crippen LogP contribution >= 0.6 is 0 Å². The summed E-state index contributed by atoms with van der Waals surface area (Å²) < 4.78 is 5.29. The molecule has 0 saturated carbocycles. The Morgan fingerprint density at radius 2 is 1.74 bits per heavy atom. The van der Waals surface area contributed by atoms with E-state index in [4.69, 9.17) is 4.74 Å². The van der Waals surface area contributed by atoms with Gasteiger partial charge in [-0.15, -0.1) is 0 Å². The second kappa shape index (κ2) is 8.05. The Labute approximate surface area is 141 Å². The molecule has 2 aromatic rings. The van der Waals surface area contributed by atoms with Crippen LogP contribution in [0.15, 0.2) is 42.5 Å². The third-order valence-corrected chi connectivity index (χ3v) is 4.48. The van der Waals surface area contributed by atoms with E-state index in [1.807, 2.05) is 12.1 Å². The zero-order valence-electron chi connectivity index (χ0n) is 15.1. The van der Waals surface area contributed by atoms with Crippen molar-refractivity contribution in [3.05, 3.63) is 59.2 Å². The number of aryl methyl sites for hydroxylation is 2. The molecule has 0 aliphatic carbocycles. The Kier molecular flexibility index (Phi) is 6.09. The van der Waals surface area contributed by atoms with E-state index in [0.717, 1.165) is 12.3 Å². The summed E-state index contributed by atoms with van der Waals surface area (Å²) in [7, 11) is 1.71. The molecule has 0 aliphatic rings. The van der Waals surface area contributed by atoms with Crippen molar-refractivity contribution in [2.75, 3.05) is 12.0 Å². The number of methoxy groups -OCH3 is 1. The molecule has 0 saturated heterocycles. The smallest absolute Gasteiger partial charge is 0.119 e. The highest BCUT2D eigenvalue weighted by molar-refractivity contribution is 5.51. The van der Waals surface area contributed by atoms with Crippen LogP contribution in [-0.4, -0.2) is 13.2 Å². The van der Waals surface area contributed by atoms with E-state index >= 15 is 0 Å². The summed E-state index contributed by atoms with van der Waals surface area (Å²) in [5, 5.41) is 0. The molecular weight excluding hydrogens is 282 g/mol. The van der Waals surface area contributed by atoms with Gasteiger partial charge in [0.2, 0.25) is 0 Å². The summed E-state index contributed by atoms with van der Waals surface area (Å²) in [5.41, 5.74) is 5.34. The lowest BCUT2D eigenvalue weighted by Gasteiger charge is -2.32. The third kappa shape index (κ3) is 4.51. The second-order valence-electron chi connectivity index (χ2n) is 6.39. The number of hydrogen-bond donors (Lipinski definition) is 0. The first-order valence-electron chi connectivity index (χ1n) is 8.52. The topological polar surface area (TPSA) is 12.5 Å². The van der Waals surface area contributed by atoms with Gasteiger partial charge in [0.1, 0.15) is 5.75 Å².